The minimum atomic E-state index is -4.02. The van der Waals surface area contributed by atoms with Crippen molar-refractivity contribution in [2.45, 2.75) is 45.4 Å². The maximum Gasteiger partial charge on any atom is 0.332 e. The van der Waals surface area contributed by atoms with Crippen molar-refractivity contribution in [2.75, 3.05) is 17.6 Å². The molecule has 0 fully saturated rings. The van der Waals surface area contributed by atoms with Crippen LogP contribution >= 0.6 is 0 Å². The molecule has 3 amide bonds. The highest BCUT2D eigenvalue weighted by Crippen LogP contribution is 2.38. The van der Waals surface area contributed by atoms with Crippen LogP contribution in [0.5, 0.6) is 0 Å². The molecule has 7 nitrogen and oxygen atoms in total. The minimum Gasteiger partial charge on any atom is -0.355 e. The molecule has 0 bridgehead atoms. The molecule has 0 unspecified atom stereocenters. The standard InChI is InChI=1S/C17H23N3O4S/c1-2-18-15(21)10-25(23,24)20-17(22)19-16-13-7-3-5-11(13)9-12-6-4-8-14(12)16/h9H,2-8,10H2,1H3,(H,18,21)(H2,19,20,22). The van der Waals surface area contributed by atoms with Crippen LogP contribution in [0, 0.1) is 0 Å². The van der Waals surface area contributed by atoms with Crippen molar-refractivity contribution in [3.05, 3.63) is 28.3 Å². The molecule has 8 heteroatoms. The first kappa shape index (κ1) is 17.7. The van der Waals surface area contributed by atoms with E-state index in [4.69, 9.17) is 0 Å². The summed E-state index contributed by atoms with van der Waals surface area (Å²) in [4.78, 5) is 23.7. The molecule has 0 radical (unpaired) electrons. The summed E-state index contributed by atoms with van der Waals surface area (Å²) in [5.74, 6) is -1.40. The highest BCUT2D eigenvalue weighted by atomic mass is 32.2. The maximum atomic E-state index is 12.2. The van der Waals surface area contributed by atoms with Crippen molar-refractivity contribution >= 4 is 27.6 Å². The van der Waals surface area contributed by atoms with Crippen molar-refractivity contribution in [2.24, 2.45) is 0 Å². The van der Waals surface area contributed by atoms with Crippen LogP contribution in [0.25, 0.3) is 0 Å². The zero-order valence-electron chi connectivity index (χ0n) is 14.3. The summed E-state index contributed by atoms with van der Waals surface area (Å²) in [5, 5.41) is 5.15. The fourth-order valence-corrected chi connectivity index (χ4v) is 4.56. The number of urea groups is 1. The van der Waals surface area contributed by atoms with E-state index in [-0.39, 0.29) is 0 Å². The Bertz CT molecular complexity index is 785. The van der Waals surface area contributed by atoms with Gasteiger partial charge in [0.15, 0.2) is 0 Å². The summed E-state index contributed by atoms with van der Waals surface area (Å²) in [6, 6.07) is 1.43. The van der Waals surface area contributed by atoms with Gasteiger partial charge in [0.1, 0.15) is 5.75 Å². The number of benzene rings is 1. The molecule has 0 aliphatic heterocycles. The van der Waals surface area contributed by atoms with E-state index in [1.54, 1.807) is 6.92 Å². The van der Waals surface area contributed by atoms with Crippen molar-refractivity contribution in [1.29, 1.82) is 0 Å². The molecule has 3 rings (SSSR count). The van der Waals surface area contributed by atoms with Gasteiger partial charge < -0.3 is 10.6 Å². The van der Waals surface area contributed by atoms with E-state index in [2.05, 4.69) is 16.7 Å². The van der Waals surface area contributed by atoms with Gasteiger partial charge >= 0.3 is 6.03 Å². The third kappa shape index (κ3) is 3.95. The Balaban J connectivity index is 1.75. The quantitative estimate of drug-likeness (QED) is 0.730. The highest BCUT2D eigenvalue weighted by molar-refractivity contribution is 7.90. The number of sulfonamides is 1. The van der Waals surface area contributed by atoms with Crippen LogP contribution in [0.2, 0.25) is 0 Å². The first-order valence-electron chi connectivity index (χ1n) is 8.64. The van der Waals surface area contributed by atoms with Crippen LogP contribution < -0.4 is 15.4 Å². The Morgan fingerprint density at radius 3 is 2.20 bits per heavy atom. The second kappa shape index (κ2) is 7.03. The van der Waals surface area contributed by atoms with Gasteiger partial charge in [-0.05, 0) is 67.7 Å². The Hall–Kier alpha value is -2.09. The predicted molar refractivity (Wildman–Crippen MR) is 95.1 cm³/mol. The fourth-order valence-electron chi connectivity index (χ4n) is 3.70. The van der Waals surface area contributed by atoms with Gasteiger partial charge in [0, 0.05) is 12.2 Å². The molecule has 136 valence electrons. The Morgan fingerprint density at radius 2 is 1.64 bits per heavy atom. The van der Waals surface area contributed by atoms with E-state index < -0.39 is 27.7 Å². The number of nitrogens with one attached hydrogen (secondary N) is 3. The van der Waals surface area contributed by atoms with Crippen LogP contribution in [-0.2, 0) is 40.5 Å². The van der Waals surface area contributed by atoms with Gasteiger partial charge in [-0.1, -0.05) is 6.07 Å². The summed E-state index contributed by atoms with van der Waals surface area (Å²) in [6.07, 6.45) is 5.87. The number of aryl methyl sites for hydroxylation is 2. The number of anilines is 1. The zero-order chi connectivity index (χ0) is 18.0. The maximum absolute atomic E-state index is 12.2. The van der Waals surface area contributed by atoms with Gasteiger partial charge in [-0.25, -0.2) is 17.9 Å². The minimum absolute atomic E-state index is 0.336. The molecule has 0 atom stereocenters. The van der Waals surface area contributed by atoms with Gasteiger partial charge in [-0.15, -0.1) is 0 Å². The lowest BCUT2D eigenvalue weighted by Crippen LogP contribution is -2.41. The highest BCUT2D eigenvalue weighted by Gasteiger charge is 2.26. The average Bonchev–Trinajstić information content (AvgIpc) is 3.14. The summed E-state index contributed by atoms with van der Waals surface area (Å²) in [6.45, 7) is 2.03. The van der Waals surface area contributed by atoms with Gasteiger partial charge in [-0.2, -0.15) is 0 Å². The average molecular weight is 365 g/mol. The van der Waals surface area contributed by atoms with Crippen LogP contribution in [-0.4, -0.2) is 32.7 Å². The SMILES string of the molecule is CCNC(=O)CS(=O)(=O)NC(=O)Nc1c2c(cc3c1CCC3)CCC2. The second-order valence-corrected chi connectivity index (χ2v) is 8.23. The molecule has 0 saturated carbocycles. The van der Waals surface area contributed by atoms with Gasteiger partial charge in [0.05, 0.1) is 0 Å². The first-order valence-corrected chi connectivity index (χ1v) is 10.3. The van der Waals surface area contributed by atoms with Gasteiger partial charge in [0.25, 0.3) is 0 Å². The van der Waals surface area contributed by atoms with Crippen LogP contribution in [0.15, 0.2) is 6.07 Å². The summed E-state index contributed by atoms with van der Waals surface area (Å²) >= 11 is 0. The van der Waals surface area contributed by atoms with E-state index in [0.29, 0.717) is 6.54 Å². The largest absolute Gasteiger partial charge is 0.355 e. The molecule has 3 N–H and O–H groups in total. The lowest BCUT2D eigenvalue weighted by Gasteiger charge is -2.16. The van der Waals surface area contributed by atoms with E-state index >= 15 is 0 Å². The summed E-state index contributed by atoms with van der Waals surface area (Å²) in [7, 11) is -4.02. The second-order valence-electron chi connectivity index (χ2n) is 6.50. The van der Waals surface area contributed by atoms with Gasteiger partial charge in [-0.3, -0.25) is 4.79 Å². The molecule has 0 spiro atoms. The molecule has 0 saturated heterocycles. The third-order valence-corrected chi connectivity index (χ3v) is 5.79. The molecular weight excluding hydrogens is 342 g/mol. The van der Waals surface area contributed by atoms with Crippen molar-refractivity contribution in [3.63, 3.8) is 0 Å². The molecule has 2 aliphatic carbocycles. The van der Waals surface area contributed by atoms with Crippen molar-refractivity contribution in [3.8, 4) is 0 Å². The smallest absolute Gasteiger partial charge is 0.332 e. The molecule has 1 aromatic rings. The number of hydrogen-bond acceptors (Lipinski definition) is 4. The van der Waals surface area contributed by atoms with Gasteiger partial charge in [0.2, 0.25) is 15.9 Å². The number of amides is 3. The van der Waals surface area contributed by atoms with Crippen molar-refractivity contribution in [1.82, 2.24) is 10.0 Å². The first-order chi connectivity index (χ1) is 11.9. The molecule has 1 aromatic carbocycles. The van der Waals surface area contributed by atoms with Crippen molar-refractivity contribution < 1.29 is 18.0 Å². The lowest BCUT2D eigenvalue weighted by molar-refractivity contribution is -0.118. The summed E-state index contributed by atoms with van der Waals surface area (Å²) in [5.41, 5.74) is 5.52. The van der Waals surface area contributed by atoms with Crippen LogP contribution in [0.1, 0.15) is 42.0 Å². The Labute approximate surface area is 147 Å². The molecule has 25 heavy (non-hydrogen) atoms. The number of carbonyl (C=O) groups is 2. The van der Waals surface area contributed by atoms with E-state index in [9.17, 15) is 18.0 Å². The van der Waals surface area contributed by atoms with Crippen LogP contribution in [0.3, 0.4) is 0 Å². The van der Waals surface area contributed by atoms with Crippen LogP contribution in [0.4, 0.5) is 10.5 Å². The topological polar surface area (TPSA) is 104 Å². The van der Waals surface area contributed by atoms with E-state index in [0.717, 1.165) is 55.3 Å². The van der Waals surface area contributed by atoms with E-state index in [1.807, 2.05) is 4.72 Å². The molecule has 0 heterocycles. The Kier molecular flexibility index (Phi) is 4.99. The Morgan fingerprint density at radius 1 is 1.04 bits per heavy atom. The molecule has 2 aliphatic rings. The molecule has 0 aromatic heterocycles. The lowest BCUT2D eigenvalue weighted by atomic mass is 9.99. The predicted octanol–water partition coefficient (Wildman–Crippen LogP) is 1.25. The number of fused-ring (bicyclic) bond motifs is 2. The third-order valence-electron chi connectivity index (χ3n) is 4.65. The number of hydrogen-bond donors (Lipinski definition) is 3. The molecular formula is C17H23N3O4S. The fraction of sp³-hybridized carbons (Fsp3) is 0.529. The summed E-state index contributed by atoms with van der Waals surface area (Å²) < 4.78 is 25.8. The number of carbonyl (C=O) groups excluding carboxylic acids is 2. The zero-order valence-corrected chi connectivity index (χ0v) is 15.1. The van der Waals surface area contributed by atoms with E-state index in [1.165, 1.54) is 11.1 Å². The monoisotopic (exact) mass is 365 g/mol. The number of rotatable bonds is 5. The normalized spacial score (nSPS) is 15.4.